The van der Waals surface area contributed by atoms with Crippen LogP contribution in [0, 0.1) is 0 Å². The van der Waals surface area contributed by atoms with Crippen molar-refractivity contribution in [2.24, 2.45) is 0 Å². The molecular formula is C47H32. The molecule has 47 heavy (non-hydrogen) atoms. The largest absolute Gasteiger partial charge is 0.0616 e. The van der Waals surface area contributed by atoms with E-state index in [4.69, 9.17) is 0 Å². The molecule has 0 heterocycles. The minimum atomic E-state index is -0.204. The topological polar surface area (TPSA) is 0 Å². The normalized spacial score (nSPS) is 13.5. The van der Waals surface area contributed by atoms with Crippen LogP contribution in [0.5, 0.6) is 0 Å². The Hall–Kier alpha value is -5.72. The molecule has 9 aromatic carbocycles. The van der Waals surface area contributed by atoms with E-state index in [1.54, 1.807) is 0 Å². The monoisotopic (exact) mass is 596 g/mol. The van der Waals surface area contributed by atoms with Gasteiger partial charge >= 0.3 is 0 Å². The van der Waals surface area contributed by atoms with Crippen LogP contribution in [-0.4, -0.2) is 0 Å². The summed E-state index contributed by atoms with van der Waals surface area (Å²) < 4.78 is 0. The van der Waals surface area contributed by atoms with E-state index >= 15 is 0 Å². The van der Waals surface area contributed by atoms with Crippen LogP contribution in [-0.2, 0) is 5.41 Å². The second kappa shape index (κ2) is 9.64. The average Bonchev–Trinajstić information content (AvgIpc) is 3.36. The number of benzene rings is 9. The SMILES string of the molecule is CC1(C)c2cc(-c3c4ccccc4cc4c3ccc3ccccc34)ccc2-c2c1c(-c1cccc3ccccc13)cc1ccccc21. The maximum absolute atomic E-state index is 2.51. The summed E-state index contributed by atoms with van der Waals surface area (Å²) in [7, 11) is 0. The van der Waals surface area contributed by atoms with Gasteiger partial charge in [-0.15, -0.1) is 0 Å². The fraction of sp³-hybridized carbons (Fsp3) is 0.0638. The van der Waals surface area contributed by atoms with Crippen LogP contribution >= 0.6 is 0 Å². The van der Waals surface area contributed by atoms with Gasteiger partial charge in [-0.2, -0.15) is 0 Å². The van der Waals surface area contributed by atoms with Gasteiger partial charge in [0, 0.05) is 5.41 Å². The molecule has 0 N–H and O–H groups in total. The second-order valence-corrected chi connectivity index (χ2v) is 13.7. The first-order valence-electron chi connectivity index (χ1n) is 16.6. The van der Waals surface area contributed by atoms with Crippen LogP contribution in [0.4, 0.5) is 0 Å². The van der Waals surface area contributed by atoms with Crippen molar-refractivity contribution < 1.29 is 0 Å². The van der Waals surface area contributed by atoms with Gasteiger partial charge in [0.15, 0.2) is 0 Å². The van der Waals surface area contributed by atoms with Crippen LogP contribution in [0.15, 0.2) is 158 Å². The molecule has 0 aliphatic heterocycles. The molecule has 0 amide bonds. The van der Waals surface area contributed by atoms with E-state index in [1.807, 2.05) is 0 Å². The predicted octanol–water partition coefficient (Wildman–Crippen LogP) is 13.1. The molecule has 0 atom stereocenters. The van der Waals surface area contributed by atoms with Crippen LogP contribution in [0.2, 0.25) is 0 Å². The van der Waals surface area contributed by atoms with Crippen LogP contribution in [0.25, 0.3) is 87.2 Å². The highest BCUT2D eigenvalue weighted by atomic mass is 14.4. The molecule has 220 valence electrons. The molecule has 0 fully saturated rings. The van der Waals surface area contributed by atoms with Gasteiger partial charge in [-0.1, -0.05) is 153 Å². The van der Waals surface area contributed by atoms with Gasteiger partial charge in [-0.3, -0.25) is 0 Å². The third kappa shape index (κ3) is 3.70. The zero-order valence-corrected chi connectivity index (χ0v) is 26.5. The first kappa shape index (κ1) is 26.5. The van der Waals surface area contributed by atoms with Crippen LogP contribution in [0.1, 0.15) is 25.0 Å². The molecule has 0 nitrogen and oxygen atoms in total. The van der Waals surface area contributed by atoms with E-state index in [0.29, 0.717) is 0 Å². The molecule has 0 radical (unpaired) electrons. The molecule has 10 rings (SSSR count). The molecule has 0 saturated heterocycles. The quantitative estimate of drug-likeness (QED) is 0.138. The molecule has 0 unspecified atom stereocenters. The van der Waals surface area contributed by atoms with E-state index < -0.39 is 0 Å². The Morgan fingerprint density at radius 1 is 0.340 bits per heavy atom. The Morgan fingerprint density at radius 3 is 1.70 bits per heavy atom. The average molecular weight is 597 g/mol. The van der Waals surface area contributed by atoms with Crippen molar-refractivity contribution in [3.8, 4) is 33.4 Å². The molecule has 0 aromatic heterocycles. The molecular weight excluding hydrogens is 565 g/mol. The van der Waals surface area contributed by atoms with Gasteiger partial charge in [0.1, 0.15) is 0 Å². The lowest BCUT2D eigenvalue weighted by Gasteiger charge is -2.26. The highest BCUT2D eigenvalue weighted by Gasteiger charge is 2.39. The van der Waals surface area contributed by atoms with Gasteiger partial charge < -0.3 is 0 Å². The van der Waals surface area contributed by atoms with Crippen molar-refractivity contribution in [1.82, 2.24) is 0 Å². The standard InChI is InChI=1S/C47H32/c1-47(2)43-28-33(44-36-19-9-5-14-31(36)26-41-35-18-8-4-13-30(35)22-24-39(41)44)23-25-40(43)45-37-20-10-6-15-32(37)27-42(46(45)47)38-21-11-16-29-12-3-7-17-34(29)38/h3-28H,1-2H3. The molecule has 1 aliphatic carbocycles. The van der Waals surface area contributed by atoms with Crippen molar-refractivity contribution in [2.45, 2.75) is 19.3 Å². The Morgan fingerprint density at radius 2 is 0.936 bits per heavy atom. The first-order valence-corrected chi connectivity index (χ1v) is 16.6. The summed E-state index contributed by atoms with van der Waals surface area (Å²) in [5.41, 5.74) is 10.6. The van der Waals surface area contributed by atoms with E-state index in [1.165, 1.54) is 98.4 Å². The molecule has 0 spiro atoms. The summed E-state index contributed by atoms with van der Waals surface area (Å²) >= 11 is 0. The smallest absolute Gasteiger partial charge is 0.0165 e. The summed E-state index contributed by atoms with van der Waals surface area (Å²) in [5, 5.41) is 13.0. The highest BCUT2D eigenvalue weighted by molar-refractivity contribution is 6.20. The number of hydrogen-bond donors (Lipinski definition) is 0. The molecule has 1 aliphatic rings. The summed E-state index contributed by atoms with van der Waals surface area (Å²) in [6.45, 7) is 4.86. The van der Waals surface area contributed by atoms with Gasteiger partial charge in [-0.05, 0) is 117 Å². The van der Waals surface area contributed by atoms with Crippen molar-refractivity contribution in [1.29, 1.82) is 0 Å². The van der Waals surface area contributed by atoms with Crippen molar-refractivity contribution >= 4 is 53.9 Å². The molecule has 0 heteroatoms. The molecule has 0 saturated carbocycles. The highest BCUT2D eigenvalue weighted by Crippen LogP contribution is 2.56. The number of hydrogen-bond acceptors (Lipinski definition) is 0. The third-order valence-corrected chi connectivity index (χ3v) is 10.8. The lowest BCUT2D eigenvalue weighted by molar-refractivity contribution is 0.663. The Bertz CT molecular complexity index is 2750. The summed E-state index contributed by atoms with van der Waals surface area (Å²) in [6.07, 6.45) is 0. The zero-order chi connectivity index (χ0) is 31.3. The lowest BCUT2D eigenvalue weighted by atomic mass is 9.77. The van der Waals surface area contributed by atoms with Crippen molar-refractivity contribution in [3.05, 3.63) is 169 Å². The summed E-state index contributed by atoms with van der Waals surface area (Å²) in [4.78, 5) is 0. The Kier molecular flexibility index (Phi) is 5.44. The Balaban J connectivity index is 1.28. The van der Waals surface area contributed by atoms with Gasteiger partial charge in [-0.25, -0.2) is 0 Å². The first-order chi connectivity index (χ1) is 23.1. The van der Waals surface area contributed by atoms with E-state index in [-0.39, 0.29) is 5.41 Å². The van der Waals surface area contributed by atoms with Crippen molar-refractivity contribution in [3.63, 3.8) is 0 Å². The lowest BCUT2D eigenvalue weighted by Crippen LogP contribution is -2.16. The summed E-state index contributed by atoms with van der Waals surface area (Å²) in [6, 6.07) is 58.9. The fourth-order valence-electron chi connectivity index (χ4n) is 8.65. The van der Waals surface area contributed by atoms with Crippen LogP contribution in [0.3, 0.4) is 0 Å². The second-order valence-electron chi connectivity index (χ2n) is 13.7. The van der Waals surface area contributed by atoms with Gasteiger partial charge in [0.25, 0.3) is 0 Å². The minimum Gasteiger partial charge on any atom is -0.0616 e. The predicted molar refractivity (Wildman–Crippen MR) is 202 cm³/mol. The number of rotatable bonds is 2. The fourth-order valence-corrected chi connectivity index (χ4v) is 8.65. The zero-order valence-electron chi connectivity index (χ0n) is 26.5. The minimum absolute atomic E-state index is 0.204. The number of fused-ring (bicyclic) bond motifs is 10. The van der Waals surface area contributed by atoms with Gasteiger partial charge in [0.2, 0.25) is 0 Å². The van der Waals surface area contributed by atoms with Crippen molar-refractivity contribution in [2.75, 3.05) is 0 Å². The maximum atomic E-state index is 2.51. The van der Waals surface area contributed by atoms with Crippen LogP contribution < -0.4 is 0 Å². The molecule has 0 bridgehead atoms. The third-order valence-electron chi connectivity index (χ3n) is 10.8. The molecule has 9 aromatic rings. The van der Waals surface area contributed by atoms with E-state index in [2.05, 4.69) is 172 Å². The Labute approximate surface area is 274 Å². The van der Waals surface area contributed by atoms with E-state index in [0.717, 1.165) is 0 Å². The maximum Gasteiger partial charge on any atom is 0.0165 e. The summed E-state index contributed by atoms with van der Waals surface area (Å²) in [5.74, 6) is 0. The van der Waals surface area contributed by atoms with Gasteiger partial charge in [0.05, 0.1) is 0 Å². The van der Waals surface area contributed by atoms with E-state index in [9.17, 15) is 0 Å².